The fourth-order valence-electron chi connectivity index (χ4n) is 0.0958. The molecule has 0 rings (SSSR count). The Morgan fingerprint density at radius 3 is 2.29 bits per heavy atom. The Kier molecular flexibility index (Phi) is 2.67. The Balaban J connectivity index is 3.55. The molecule has 0 aliphatic rings. The summed E-state index contributed by atoms with van der Waals surface area (Å²) in [4.78, 5) is 19.7. The van der Waals surface area contributed by atoms with Gasteiger partial charge in [-0.15, -0.1) is 0 Å². The van der Waals surface area contributed by atoms with Gasteiger partial charge < -0.3 is 4.79 Å². The molecule has 0 aliphatic heterocycles. The number of thiol groups is 1. The summed E-state index contributed by atoms with van der Waals surface area (Å²) in [6, 6.07) is 0. The maximum absolute atomic E-state index is 10.1. The highest BCUT2D eigenvalue weighted by Crippen LogP contribution is 1.88. The van der Waals surface area contributed by atoms with E-state index in [-0.39, 0.29) is 5.78 Å². The normalized spacial score (nSPS) is 12.9. The van der Waals surface area contributed by atoms with E-state index in [1.165, 1.54) is 6.92 Å². The molecule has 0 aliphatic carbocycles. The highest BCUT2D eigenvalue weighted by atomic mass is 32.1. The summed E-state index contributed by atoms with van der Waals surface area (Å²) in [6.07, 6.45) is 0.505. The second kappa shape index (κ2) is 2.80. The van der Waals surface area contributed by atoms with E-state index in [0.29, 0.717) is 6.29 Å². The topological polar surface area (TPSA) is 34.1 Å². The number of aldehydes is 1. The first-order valence-corrected chi connectivity index (χ1v) is 2.34. The Hall–Kier alpha value is -0.310. The molecule has 0 aromatic rings. The molecule has 1 unspecified atom stereocenters. The van der Waals surface area contributed by atoms with Crippen molar-refractivity contribution >= 4 is 24.7 Å². The molecule has 0 aromatic carbocycles. The monoisotopic (exact) mass is 118 g/mol. The van der Waals surface area contributed by atoms with Crippen molar-refractivity contribution in [2.75, 3.05) is 0 Å². The zero-order chi connectivity index (χ0) is 5.86. The number of rotatable bonds is 2. The van der Waals surface area contributed by atoms with E-state index >= 15 is 0 Å². The van der Waals surface area contributed by atoms with Crippen molar-refractivity contribution < 1.29 is 9.59 Å². The van der Waals surface area contributed by atoms with Crippen molar-refractivity contribution in [1.82, 2.24) is 0 Å². The molecule has 40 valence electrons. The molecule has 1 atom stereocenters. The van der Waals surface area contributed by atoms with Crippen LogP contribution in [0.2, 0.25) is 0 Å². The molecule has 0 amide bonds. The first kappa shape index (κ1) is 6.69. The summed E-state index contributed by atoms with van der Waals surface area (Å²) in [5.74, 6) is -0.210. The van der Waals surface area contributed by atoms with E-state index in [1.807, 2.05) is 0 Å². The Morgan fingerprint density at radius 1 is 1.86 bits per heavy atom. The van der Waals surface area contributed by atoms with Gasteiger partial charge in [0.2, 0.25) is 0 Å². The van der Waals surface area contributed by atoms with E-state index < -0.39 is 5.25 Å². The predicted molar refractivity (Wildman–Crippen MR) is 29.5 cm³/mol. The van der Waals surface area contributed by atoms with Gasteiger partial charge in [0.25, 0.3) is 0 Å². The van der Waals surface area contributed by atoms with E-state index in [1.54, 1.807) is 0 Å². The van der Waals surface area contributed by atoms with Crippen LogP contribution in [0.3, 0.4) is 0 Å². The van der Waals surface area contributed by atoms with Crippen LogP contribution in [0.5, 0.6) is 0 Å². The number of hydrogen-bond donors (Lipinski definition) is 1. The van der Waals surface area contributed by atoms with Gasteiger partial charge in [-0.25, -0.2) is 0 Å². The van der Waals surface area contributed by atoms with Gasteiger partial charge in [0.15, 0.2) is 0 Å². The smallest absolute Gasteiger partial charge is 0.149 e. The first-order valence-electron chi connectivity index (χ1n) is 1.82. The van der Waals surface area contributed by atoms with Gasteiger partial charge in [-0.2, -0.15) is 12.6 Å². The summed E-state index contributed by atoms with van der Waals surface area (Å²) >= 11 is 3.61. The minimum atomic E-state index is -0.722. The summed E-state index contributed by atoms with van der Waals surface area (Å²) in [5, 5.41) is -0.722. The van der Waals surface area contributed by atoms with E-state index in [9.17, 15) is 9.59 Å². The first-order chi connectivity index (χ1) is 3.18. The highest BCUT2D eigenvalue weighted by molar-refractivity contribution is 7.82. The predicted octanol–water partition coefficient (Wildman–Crippen LogP) is 0.0727. The van der Waals surface area contributed by atoms with Gasteiger partial charge in [-0.3, -0.25) is 4.79 Å². The van der Waals surface area contributed by atoms with Crippen molar-refractivity contribution in [1.29, 1.82) is 0 Å². The van der Waals surface area contributed by atoms with Gasteiger partial charge in [0.05, 0.1) is 0 Å². The summed E-state index contributed by atoms with van der Waals surface area (Å²) in [6.45, 7) is 1.33. The Labute approximate surface area is 47.3 Å². The van der Waals surface area contributed by atoms with Crippen LogP contribution in [-0.2, 0) is 9.59 Å². The van der Waals surface area contributed by atoms with Gasteiger partial charge in [0, 0.05) is 0 Å². The van der Waals surface area contributed by atoms with Gasteiger partial charge in [0.1, 0.15) is 17.3 Å². The lowest BCUT2D eigenvalue weighted by Crippen LogP contribution is -2.10. The fraction of sp³-hybridized carbons (Fsp3) is 0.500. The zero-order valence-electron chi connectivity index (χ0n) is 3.92. The number of ketones is 1. The van der Waals surface area contributed by atoms with Gasteiger partial charge in [-0.1, -0.05) is 0 Å². The second-order valence-corrected chi connectivity index (χ2v) is 1.75. The number of carbonyl (C=O) groups excluding carboxylic acids is 2. The number of hydrogen-bond acceptors (Lipinski definition) is 3. The lowest BCUT2D eigenvalue weighted by molar-refractivity contribution is -0.119. The molecule has 0 bridgehead atoms. The van der Waals surface area contributed by atoms with Crippen LogP contribution in [0.15, 0.2) is 0 Å². The summed E-state index contributed by atoms with van der Waals surface area (Å²) in [5.41, 5.74) is 0. The maximum Gasteiger partial charge on any atom is 0.149 e. The minimum Gasteiger partial charge on any atom is -0.302 e. The molecule has 0 spiro atoms. The second-order valence-electron chi connectivity index (χ2n) is 1.19. The molecule has 0 N–H and O–H groups in total. The van der Waals surface area contributed by atoms with Crippen LogP contribution >= 0.6 is 12.6 Å². The van der Waals surface area contributed by atoms with Crippen LogP contribution < -0.4 is 0 Å². The molecule has 0 fully saturated rings. The SMILES string of the molecule is CC(=O)C(S)C=O. The highest BCUT2D eigenvalue weighted by Gasteiger charge is 2.03. The number of Topliss-reactive ketones (excluding diaryl/α,β-unsaturated/α-hetero) is 1. The fourth-order valence-corrected chi connectivity index (χ4v) is 0.0958. The maximum atomic E-state index is 10.1. The quantitative estimate of drug-likeness (QED) is 0.316. The average molecular weight is 118 g/mol. The van der Waals surface area contributed by atoms with Crippen molar-refractivity contribution in [2.24, 2.45) is 0 Å². The Bertz CT molecular complexity index is 89.7. The lowest BCUT2D eigenvalue weighted by Gasteiger charge is -1.89. The largest absolute Gasteiger partial charge is 0.302 e. The van der Waals surface area contributed by atoms with Crippen LogP contribution in [0, 0.1) is 0 Å². The Morgan fingerprint density at radius 2 is 2.29 bits per heavy atom. The molecule has 7 heavy (non-hydrogen) atoms. The minimum absolute atomic E-state index is 0.210. The molecule has 0 radical (unpaired) electrons. The third-order valence-electron chi connectivity index (χ3n) is 0.545. The van der Waals surface area contributed by atoms with Gasteiger partial charge in [-0.05, 0) is 6.92 Å². The van der Waals surface area contributed by atoms with Crippen molar-refractivity contribution in [2.45, 2.75) is 12.2 Å². The average Bonchev–Trinajstić information content (AvgIpc) is 1.65. The zero-order valence-corrected chi connectivity index (χ0v) is 4.81. The van der Waals surface area contributed by atoms with Crippen LogP contribution in [-0.4, -0.2) is 17.3 Å². The van der Waals surface area contributed by atoms with E-state index in [4.69, 9.17) is 0 Å². The molecule has 3 heteroatoms. The van der Waals surface area contributed by atoms with E-state index in [0.717, 1.165) is 0 Å². The van der Waals surface area contributed by atoms with E-state index in [2.05, 4.69) is 12.6 Å². The van der Waals surface area contributed by atoms with Crippen molar-refractivity contribution in [3.05, 3.63) is 0 Å². The molecule has 0 saturated heterocycles. The molecular formula is C4H6O2S. The number of carbonyl (C=O) groups is 2. The van der Waals surface area contributed by atoms with Crippen molar-refractivity contribution in [3.63, 3.8) is 0 Å². The van der Waals surface area contributed by atoms with Gasteiger partial charge >= 0.3 is 0 Å². The standard InChI is InChI=1S/C4H6O2S/c1-3(6)4(7)2-5/h2,4,7H,1H3. The van der Waals surface area contributed by atoms with Crippen LogP contribution in [0.25, 0.3) is 0 Å². The molecule has 0 heterocycles. The molecule has 0 aromatic heterocycles. The molecular weight excluding hydrogens is 112 g/mol. The third kappa shape index (κ3) is 2.39. The molecule has 2 nitrogen and oxygen atoms in total. The molecule has 0 saturated carbocycles. The summed E-state index contributed by atoms with van der Waals surface area (Å²) < 4.78 is 0. The summed E-state index contributed by atoms with van der Waals surface area (Å²) in [7, 11) is 0. The third-order valence-corrected chi connectivity index (χ3v) is 1.03. The van der Waals surface area contributed by atoms with Crippen LogP contribution in [0.1, 0.15) is 6.92 Å². The van der Waals surface area contributed by atoms with Crippen LogP contribution in [0.4, 0.5) is 0 Å². The van der Waals surface area contributed by atoms with Crippen molar-refractivity contribution in [3.8, 4) is 0 Å². The lowest BCUT2D eigenvalue weighted by atomic mass is 10.3.